The third kappa shape index (κ3) is 2.64. The predicted octanol–water partition coefficient (Wildman–Crippen LogP) is 1.09. The molecule has 1 heterocycles. The molecule has 0 spiro atoms. The molecule has 1 aromatic rings. The molecule has 19 heavy (non-hydrogen) atoms. The first kappa shape index (κ1) is 13.6. The summed E-state index contributed by atoms with van der Waals surface area (Å²) in [5.74, 6) is -1.62. The fourth-order valence-corrected chi connectivity index (χ4v) is 2.23. The van der Waals surface area contributed by atoms with Crippen LogP contribution in [0.25, 0.3) is 0 Å². The molecule has 1 unspecified atom stereocenters. The zero-order valence-corrected chi connectivity index (χ0v) is 10.7. The average molecular weight is 285 g/mol. The van der Waals surface area contributed by atoms with E-state index in [-0.39, 0.29) is 17.2 Å². The molecule has 1 amide bonds. The Morgan fingerprint density at radius 1 is 1.47 bits per heavy atom. The minimum atomic E-state index is -1.16. The largest absolute Gasteiger partial charge is 0.479 e. The van der Waals surface area contributed by atoms with Crippen LogP contribution in [0, 0.1) is 0 Å². The number of aliphatic carboxylic acids is 1. The molecular formula is C12H13ClN2O4. The number of nitrogens with one attached hydrogen (secondary N) is 1. The Kier molecular flexibility index (Phi) is 3.64. The summed E-state index contributed by atoms with van der Waals surface area (Å²) in [5.41, 5.74) is 4.69. The van der Waals surface area contributed by atoms with E-state index in [0.717, 1.165) is 0 Å². The normalized spacial score (nSPS) is 22.2. The van der Waals surface area contributed by atoms with E-state index in [0.29, 0.717) is 18.7 Å². The fraction of sp³-hybridized carbons (Fsp3) is 0.333. The Morgan fingerprint density at radius 3 is 2.68 bits per heavy atom. The minimum Gasteiger partial charge on any atom is -0.479 e. The highest BCUT2D eigenvalue weighted by Gasteiger charge is 2.42. The van der Waals surface area contributed by atoms with Crippen molar-refractivity contribution in [3.8, 4) is 0 Å². The van der Waals surface area contributed by atoms with Gasteiger partial charge in [0.05, 0.1) is 17.2 Å². The molecule has 0 saturated carbocycles. The van der Waals surface area contributed by atoms with Gasteiger partial charge in [0.1, 0.15) is 0 Å². The third-order valence-electron chi connectivity index (χ3n) is 3.05. The Balaban J connectivity index is 2.26. The molecule has 4 N–H and O–H groups in total. The van der Waals surface area contributed by atoms with Gasteiger partial charge in [-0.15, -0.1) is 0 Å². The number of benzene rings is 1. The lowest BCUT2D eigenvalue weighted by Gasteiger charge is -2.25. The van der Waals surface area contributed by atoms with Gasteiger partial charge in [-0.2, -0.15) is 0 Å². The number of hydrogen-bond donors (Lipinski definition) is 3. The van der Waals surface area contributed by atoms with Gasteiger partial charge < -0.3 is 20.9 Å². The van der Waals surface area contributed by atoms with Crippen LogP contribution in [0.15, 0.2) is 18.2 Å². The van der Waals surface area contributed by atoms with Crippen molar-refractivity contribution in [1.82, 2.24) is 0 Å². The molecule has 1 saturated heterocycles. The highest BCUT2D eigenvalue weighted by atomic mass is 35.5. The first-order valence-corrected chi connectivity index (χ1v) is 6.01. The van der Waals surface area contributed by atoms with Crippen LogP contribution in [-0.4, -0.2) is 35.7 Å². The monoisotopic (exact) mass is 284 g/mol. The molecule has 1 aromatic carbocycles. The Labute approximate surface area is 114 Å². The fourth-order valence-electron chi connectivity index (χ4n) is 1.95. The second kappa shape index (κ2) is 5.07. The SMILES string of the molecule is NC(=O)c1ccc(NC2(C(=O)O)CCOC2)cc1Cl. The Hall–Kier alpha value is -1.79. The van der Waals surface area contributed by atoms with E-state index < -0.39 is 17.4 Å². The van der Waals surface area contributed by atoms with E-state index in [1.165, 1.54) is 12.1 Å². The highest BCUT2D eigenvalue weighted by molar-refractivity contribution is 6.34. The van der Waals surface area contributed by atoms with Gasteiger partial charge in [-0.05, 0) is 18.2 Å². The van der Waals surface area contributed by atoms with Gasteiger partial charge >= 0.3 is 5.97 Å². The molecule has 0 bridgehead atoms. The second-order valence-electron chi connectivity index (χ2n) is 4.37. The molecule has 1 aliphatic heterocycles. The standard InChI is InChI=1S/C12H13ClN2O4/c13-9-5-7(1-2-8(9)10(14)16)15-12(11(17)18)3-4-19-6-12/h1-2,5,15H,3-4,6H2,(H2,14,16)(H,17,18). The number of anilines is 1. The summed E-state index contributed by atoms with van der Waals surface area (Å²) in [7, 11) is 0. The van der Waals surface area contributed by atoms with E-state index in [2.05, 4.69) is 5.32 Å². The van der Waals surface area contributed by atoms with Gasteiger partial charge in [-0.25, -0.2) is 4.79 Å². The number of carbonyl (C=O) groups is 2. The topological polar surface area (TPSA) is 102 Å². The molecule has 1 fully saturated rings. The molecule has 1 atom stereocenters. The Bertz CT molecular complexity index is 526. The number of primary amides is 1. The summed E-state index contributed by atoms with van der Waals surface area (Å²) in [6.45, 7) is 0.462. The summed E-state index contributed by atoms with van der Waals surface area (Å²) in [5, 5.41) is 12.4. The molecule has 2 rings (SSSR count). The van der Waals surface area contributed by atoms with Crippen molar-refractivity contribution >= 4 is 29.2 Å². The molecule has 7 heteroatoms. The molecule has 0 aromatic heterocycles. The maximum absolute atomic E-state index is 11.3. The first-order valence-electron chi connectivity index (χ1n) is 5.63. The van der Waals surface area contributed by atoms with Crippen molar-refractivity contribution in [2.24, 2.45) is 5.73 Å². The number of carboxylic acids is 1. The number of halogens is 1. The van der Waals surface area contributed by atoms with Crippen LogP contribution in [0.5, 0.6) is 0 Å². The van der Waals surface area contributed by atoms with Crippen LogP contribution in [0.3, 0.4) is 0 Å². The van der Waals surface area contributed by atoms with E-state index >= 15 is 0 Å². The lowest BCUT2D eigenvalue weighted by Crippen LogP contribution is -2.47. The van der Waals surface area contributed by atoms with Crippen molar-refractivity contribution in [3.63, 3.8) is 0 Å². The number of ether oxygens (including phenoxy) is 1. The predicted molar refractivity (Wildman–Crippen MR) is 69.4 cm³/mol. The number of rotatable bonds is 4. The zero-order valence-electron chi connectivity index (χ0n) is 9.98. The number of carbonyl (C=O) groups excluding carboxylic acids is 1. The second-order valence-corrected chi connectivity index (χ2v) is 4.78. The van der Waals surface area contributed by atoms with Crippen molar-refractivity contribution in [2.75, 3.05) is 18.5 Å². The first-order chi connectivity index (χ1) is 8.94. The molecule has 6 nitrogen and oxygen atoms in total. The maximum atomic E-state index is 11.3. The quantitative estimate of drug-likeness (QED) is 0.768. The molecule has 102 valence electrons. The smallest absolute Gasteiger partial charge is 0.331 e. The van der Waals surface area contributed by atoms with Gasteiger partial charge in [0, 0.05) is 18.7 Å². The van der Waals surface area contributed by atoms with Crippen LogP contribution < -0.4 is 11.1 Å². The van der Waals surface area contributed by atoms with Crippen molar-refractivity contribution in [3.05, 3.63) is 28.8 Å². The molecule has 1 aliphatic rings. The van der Waals surface area contributed by atoms with Crippen LogP contribution in [-0.2, 0) is 9.53 Å². The van der Waals surface area contributed by atoms with Crippen LogP contribution in [0.2, 0.25) is 5.02 Å². The van der Waals surface area contributed by atoms with Gasteiger partial charge in [0.25, 0.3) is 0 Å². The molecular weight excluding hydrogens is 272 g/mol. The summed E-state index contributed by atoms with van der Waals surface area (Å²) in [6, 6.07) is 4.50. The van der Waals surface area contributed by atoms with Crippen molar-refractivity contribution in [2.45, 2.75) is 12.0 Å². The Morgan fingerprint density at radius 2 is 2.21 bits per heavy atom. The summed E-state index contributed by atoms with van der Waals surface area (Å²) in [6.07, 6.45) is 0.359. The van der Waals surface area contributed by atoms with E-state index in [1.54, 1.807) is 6.07 Å². The van der Waals surface area contributed by atoms with Crippen molar-refractivity contribution in [1.29, 1.82) is 0 Å². The summed E-state index contributed by atoms with van der Waals surface area (Å²) in [4.78, 5) is 22.4. The minimum absolute atomic E-state index is 0.0809. The zero-order chi connectivity index (χ0) is 14.0. The lowest BCUT2D eigenvalue weighted by atomic mass is 9.98. The number of nitrogens with two attached hydrogens (primary N) is 1. The van der Waals surface area contributed by atoms with E-state index in [4.69, 9.17) is 22.1 Å². The third-order valence-corrected chi connectivity index (χ3v) is 3.36. The number of carboxylic acid groups (broad SMARTS) is 1. The van der Waals surface area contributed by atoms with Crippen molar-refractivity contribution < 1.29 is 19.4 Å². The summed E-state index contributed by atoms with van der Waals surface area (Å²) < 4.78 is 5.14. The number of hydrogen-bond acceptors (Lipinski definition) is 4. The summed E-state index contributed by atoms with van der Waals surface area (Å²) >= 11 is 5.92. The van der Waals surface area contributed by atoms with E-state index in [9.17, 15) is 14.7 Å². The van der Waals surface area contributed by atoms with Gasteiger partial charge in [0.15, 0.2) is 5.54 Å². The maximum Gasteiger partial charge on any atom is 0.331 e. The number of amides is 1. The van der Waals surface area contributed by atoms with Gasteiger partial charge in [0.2, 0.25) is 5.91 Å². The average Bonchev–Trinajstić information content (AvgIpc) is 2.78. The van der Waals surface area contributed by atoms with Crippen LogP contribution in [0.4, 0.5) is 5.69 Å². The molecule has 0 radical (unpaired) electrons. The molecule has 0 aliphatic carbocycles. The van der Waals surface area contributed by atoms with Crippen LogP contribution in [0.1, 0.15) is 16.8 Å². The highest BCUT2D eigenvalue weighted by Crippen LogP contribution is 2.27. The van der Waals surface area contributed by atoms with E-state index in [1.807, 2.05) is 0 Å². The van der Waals surface area contributed by atoms with Gasteiger partial charge in [-0.3, -0.25) is 4.79 Å². The lowest BCUT2D eigenvalue weighted by molar-refractivity contribution is -0.142. The van der Waals surface area contributed by atoms with Gasteiger partial charge in [-0.1, -0.05) is 11.6 Å². The van der Waals surface area contributed by atoms with Crippen LogP contribution >= 0.6 is 11.6 Å².